The highest BCUT2D eigenvalue weighted by Gasteiger charge is 2.31. The first-order chi connectivity index (χ1) is 13.3. The molecule has 0 saturated carbocycles. The zero-order chi connectivity index (χ0) is 22.0. The maximum atomic E-state index is 12.7. The van der Waals surface area contributed by atoms with Gasteiger partial charge in [-0.1, -0.05) is 11.6 Å². The third kappa shape index (κ3) is 5.91. The van der Waals surface area contributed by atoms with Crippen molar-refractivity contribution < 1.29 is 41.9 Å². The molecule has 156 valence electrons. The molecule has 0 amide bonds. The Morgan fingerprint density at radius 2 is 1.90 bits per heavy atom. The second kappa shape index (κ2) is 8.37. The van der Waals surface area contributed by atoms with E-state index in [4.69, 9.17) is 30.9 Å². The van der Waals surface area contributed by atoms with Gasteiger partial charge in [0.15, 0.2) is 0 Å². The minimum atomic E-state index is -4.99. The second-order valence-corrected chi connectivity index (χ2v) is 6.94. The van der Waals surface area contributed by atoms with Crippen molar-refractivity contribution in [3.63, 3.8) is 0 Å². The maximum absolute atomic E-state index is 12.7. The minimum absolute atomic E-state index is 0.136. The van der Waals surface area contributed by atoms with Crippen LogP contribution in [0.5, 0.6) is 11.5 Å². The molecule has 9 nitrogen and oxygen atoms in total. The monoisotopic (exact) mass is 454 g/mol. The molecule has 0 atom stereocenters. The molecule has 0 aliphatic heterocycles. The van der Waals surface area contributed by atoms with E-state index in [-0.39, 0.29) is 16.5 Å². The number of nitro groups is 1. The predicted molar refractivity (Wildman–Crippen MR) is 95.2 cm³/mol. The number of halogens is 4. The number of hydrogen-bond acceptors (Lipinski definition) is 5. The van der Waals surface area contributed by atoms with Crippen LogP contribution in [0.3, 0.4) is 0 Å². The molecule has 0 radical (unpaired) electrons. The number of rotatable bonds is 5. The number of hydrogen-bond donors (Lipinski definition) is 2. The summed E-state index contributed by atoms with van der Waals surface area (Å²) in [5.74, 6) is -1.07. The van der Waals surface area contributed by atoms with Gasteiger partial charge in [0.05, 0.1) is 22.6 Å². The Kier molecular flexibility index (Phi) is 6.53. The molecule has 0 aromatic heterocycles. The fourth-order valence-electron chi connectivity index (χ4n) is 2.12. The third-order valence-corrected chi connectivity index (χ3v) is 4.03. The quantitative estimate of drug-likeness (QED) is 0.223. The minimum Gasteiger partial charge on any atom is -0.480 e. The summed E-state index contributed by atoms with van der Waals surface area (Å²) in [6.07, 6.45) is -4.62. The van der Waals surface area contributed by atoms with E-state index in [1.54, 1.807) is 0 Å². The van der Waals surface area contributed by atoms with Gasteiger partial charge in [-0.25, -0.2) is 4.57 Å². The van der Waals surface area contributed by atoms with Gasteiger partial charge in [-0.05, 0) is 24.3 Å². The van der Waals surface area contributed by atoms with Gasteiger partial charge in [0.1, 0.15) is 17.1 Å². The van der Waals surface area contributed by atoms with Crippen molar-refractivity contribution in [3.05, 3.63) is 62.7 Å². The number of nitrogens with zero attached hydrogens (tertiary/aromatic N) is 2. The molecule has 0 heterocycles. The molecule has 0 aliphatic carbocycles. The summed E-state index contributed by atoms with van der Waals surface area (Å²) in [6, 6.07) is 5.34. The Morgan fingerprint density at radius 3 is 2.38 bits per heavy atom. The molecular weight excluding hydrogens is 444 g/mol. The van der Waals surface area contributed by atoms with Gasteiger partial charge >= 0.3 is 13.9 Å². The molecule has 0 saturated heterocycles. The summed E-state index contributed by atoms with van der Waals surface area (Å²) in [7, 11) is -4.01. The van der Waals surface area contributed by atoms with Crippen molar-refractivity contribution in [3.8, 4) is 11.5 Å². The fraction of sp³-hybridized carbons (Fsp3) is 0.133. The molecular formula is C15H11ClF3N2O7P. The van der Waals surface area contributed by atoms with Crippen LogP contribution in [-0.4, -0.2) is 27.7 Å². The molecule has 0 unspecified atom stereocenters. The molecule has 2 N–H and O–H groups in total. The van der Waals surface area contributed by atoms with Gasteiger partial charge in [0.25, 0.3) is 5.69 Å². The van der Waals surface area contributed by atoms with Crippen LogP contribution in [-0.2, 0) is 15.5 Å². The summed E-state index contributed by atoms with van der Waals surface area (Å²) < 4.78 is 62.3. The maximum Gasteiger partial charge on any atom is 0.451 e. The molecule has 0 spiro atoms. The third-order valence-electron chi connectivity index (χ3n) is 3.30. The van der Waals surface area contributed by atoms with Crippen molar-refractivity contribution in [2.24, 2.45) is 4.76 Å². The van der Waals surface area contributed by atoms with Crippen LogP contribution in [0, 0.1) is 10.1 Å². The largest absolute Gasteiger partial charge is 0.480 e. The zero-order valence-corrected chi connectivity index (χ0v) is 15.9. The topological polar surface area (TPSA) is 131 Å². The lowest BCUT2D eigenvalue weighted by atomic mass is 10.1. The molecule has 0 bridgehead atoms. The van der Waals surface area contributed by atoms with E-state index >= 15 is 0 Å². The lowest BCUT2D eigenvalue weighted by molar-refractivity contribution is -0.385. The molecule has 29 heavy (non-hydrogen) atoms. The lowest BCUT2D eigenvalue weighted by Crippen LogP contribution is -2.08. The van der Waals surface area contributed by atoms with E-state index in [1.165, 1.54) is 0 Å². The number of benzene rings is 2. The molecule has 2 aromatic carbocycles. The summed E-state index contributed by atoms with van der Waals surface area (Å²) >= 11 is 5.80. The van der Waals surface area contributed by atoms with Crippen molar-refractivity contribution >= 4 is 30.9 Å². The standard InChI is InChI=1S/C15H11ClF3N2O7P/c1-27-14(20-29(24,25)26)10-7-9(3-4-12(10)21(22)23)28-13-5-2-8(6-11(13)16)15(17,18)19/h2-7H,1H3,(H2,24,25,26). The van der Waals surface area contributed by atoms with Crippen LogP contribution in [0.2, 0.25) is 5.02 Å². The van der Waals surface area contributed by atoms with E-state index in [2.05, 4.69) is 4.76 Å². The highest BCUT2D eigenvalue weighted by Crippen LogP contribution is 2.40. The van der Waals surface area contributed by atoms with E-state index in [0.29, 0.717) is 6.07 Å². The van der Waals surface area contributed by atoms with E-state index in [1.807, 2.05) is 0 Å². The first kappa shape index (κ1) is 22.6. The van der Waals surface area contributed by atoms with Crippen LogP contribution < -0.4 is 4.74 Å². The zero-order valence-electron chi connectivity index (χ0n) is 14.3. The van der Waals surface area contributed by atoms with Crippen molar-refractivity contribution in [1.29, 1.82) is 0 Å². The van der Waals surface area contributed by atoms with E-state index in [9.17, 15) is 27.9 Å². The summed E-state index contributed by atoms with van der Waals surface area (Å²) in [5.41, 5.74) is -2.04. The highest BCUT2D eigenvalue weighted by atomic mass is 35.5. The predicted octanol–water partition coefficient (Wildman–Crippen LogP) is 4.55. The smallest absolute Gasteiger partial charge is 0.451 e. The average molecular weight is 455 g/mol. The number of ether oxygens (including phenoxy) is 2. The molecule has 14 heteroatoms. The van der Waals surface area contributed by atoms with Gasteiger partial charge in [-0.2, -0.15) is 13.2 Å². The van der Waals surface area contributed by atoms with Crippen LogP contribution in [0.4, 0.5) is 18.9 Å². The van der Waals surface area contributed by atoms with Crippen molar-refractivity contribution in [1.82, 2.24) is 0 Å². The Morgan fingerprint density at radius 1 is 1.24 bits per heavy atom. The van der Waals surface area contributed by atoms with Gasteiger partial charge in [-0.15, -0.1) is 4.76 Å². The highest BCUT2D eigenvalue weighted by molar-refractivity contribution is 7.50. The van der Waals surface area contributed by atoms with Crippen LogP contribution >= 0.6 is 19.3 Å². The second-order valence-electron chi connectivity index (χ2n) is 5.30. The summed E-state index contributed by atoms with van der Waals surface area (Å²) in [4.78, 5) is 28.3. The van der Waals surface area contributed by atoms with Gasteiger partial charge in [-0.3, -0.25) is 10.1 Å². The number of nitro benzene ring substituents is 1. The normalized spacial score (nSPS) is 12.6. The average Bonchev–Trinajstić information content (AvgIpc) is 2.59. The van der Waals surface area contributed by atoms with Gasteiger partial charge in [0.2, 0.25) is 5.90 Å². The van der Waals surface area contributed by atoms with Gasteiger partial charge in [0, 0.05) is 12.1 Å². The van der Waals surface area contributed by atoms with Crippen LogP contribution in [0.1, 0.15) is 11.1 Å². The van der Waals surface area contributed by atoms with Crippen LogP contribution in [0.15, 0.2) is 41.2 Å². The van der Waals surface area contributed by atoms with Crippen molar-refractivity contribution in [2.75, 3.05) is 7.11 Å². The van der Waals surface area contributed by atoms with Crippen LogP contribution in [0.25, 0.3) is 0 Å². The first-order valence-corrected chi connectivity index (χ1v) is 9.29. The Balaban J connectivity index is 2.50. The Bertz CT molecular complexity index is 1020. The lowest BCUT2D eigenvalue weighted by Gasteiger charge is -2.12. The molecule has 2 rings (SSSR count). The van der Waals surface area contributed by atoms with E-state index < -0.39 is 41.6 Å². The SMILES string of the molecule is COC(=NP(=O)(O)O)c1cc(Oc2ccc(C(F)(F)F)cc2Cl)ccc1[N+](=O)[O-]. The Hall–Kier alpha value is -2.66. The Labute approximate surface area is 165 Å². The molecule has 0 aliphatic rings. The summed E-state index contributed by atoms with van der Waals surface area (Å²) in [5, 5.41) is 10.8. The molecule has 0 fully saturated rings. The summed E-state index contributed by atoms with van der Waals surface area (Å²) in [6.45, 7) is 0. The fourth-order valence-corrected chi connectivity index (χ4v) is 2.76. The number of methoxy groups -OCH3 is 1. The van der Waals surface area contributed by atoms with E-state index in [0.717, 1.165) is 37.4 Å². The number of alkyl halides is 3. The first-order valence-electron chi connectivity index (χ1n) is 7.35. The molecule has 2 aromatic rings. The van der Waals surface area contributed by atoms with Crippen molar-refractivity contribution in [2.45, 2.75) is 6.18 Å². The van der Waals surface area contributed by atoms with Gasteiger partial charge < -0.3 is 19.3 Å².